The van der Waals surface area contributed by atoms with Crippen molar-refractivity contribution < 1.29 is 0 Å². The minimum Gasteiger partial charge on any atom is -0.265 e. The van der Waals surface area contributed by atoms with E-state index in [0.717, 1.165) is 12.8 Å². The number of hydrogen-bond acceptors (Lipinski definition) is 8. The van der Waals surface area contributed by atoms with Gasteiger partial charge in [-0.05, 0) is 87.1 Å². The molecule has 6 aromatic heterocycles. The highest BCUT2D eigenvalue weighted by atomic mass is 32.2. The smallest absolute Gasteiger partial charge is 0.265 e. The molecule has 0 aromatic carbocycles. The van der Waals surface area contributed by atoms with Crippen LogP contribution in [0, 0.1) is 13.8 Å². The third-order valence-electron chi connectivity index (χ3n) is 7.76. The summed E-state index contributed by atoms with van der Waals surface area (Å²) in [6.45, 7) is 9.02. The van der Waals surface area contributed by atoms with E-state index >= 15 is 0 Å². The topological polar surface area (TPSA) is 17.1 Å². The molecule has 6 rings (SSSR count). The highest BCUT2D eigenvalue weighted by Crippen LogP contribution is 2.52. The average molecular weight is 699 g/mol. The molecule has 0 bridgehead atoms. The van der Waals surface area contributed by atoms with E-state index in [0.29, 0.717) is 0 Å². The molecule has 0 aliphatic rings. The minimum absolute atomic E-state index is 0.195. The zero-order valence-corrected chi connectivity index (χ0v) is 31.0. The van der Waals surface area contributed by atoms with Crippen LogP contribution in [0.15, 0.2) is 41.2 Å². The normalized spacial score (nSPS) is 11.8. The molecule has 0 amide bonds. The van der Waals surface area contributed by atoms with Crippen LogP contribution in [0.5, 0.6) is 0 Å². The Morgan fingerprint density at radius 1 is 0.488 bits per heavy atom. The van der Waals surface area contributed by atoms with Gasteiger partial charge in [0.15, 0.2) is 0 Å². The number of thiophene rings is 5. The minimum atomic E-state index is 0.195. The molecule has 0 spiro atoms. The van der Waals surface area contributed by atoms with Gasteiger partial charge in [0.25, 0.3) is 4.06 Å². The van der Waals surface area contributed by atoms with Gasteiger partial charge in [0.1, 0.15) is 0 Å². The van der Waals surface area contributed by atoms with Gasteiger partial charge in [0, 0.05) is 39.0 Å². The molecule has 8 heteroatoms. The predicted molar refractivity (Wildman–Crippen MR) is 202 cm³/mol. The van der Waals surface area contributed by atoms with Crippen LogP contribution in [-0.4, -0.2) is 0 Å². The van der Waals surface area contributed by atoms with E-state index in [1.54, 1.807) is 0 Å². The number of rotatable bonds is 14. The second-order valence-corrected chi connectivity index (χ2v) is 19.2. The van der Waals surface area contributed by atoms with Crippen LogP contribution in [0.2, 0.25) is 0 Å². The SMILES string of the molecule is CCCCCCc1cc(C)sc1-c1ccc(-c2sc(-c3ccc(-c4sc(C)cc4CCCCCC)s3)c3sc(=O)sc23)s1. The van der Waals surface area contributed by atoms with E-state index in [-0.39, 0.29) is 4.06 Å². The third-order valence-corrected chi connectivity index (χ3v) is 16.5. The first-order valence-electron chi connectivity index (χ1n) is 15.4. The van der Waals surface area contributed by atoms with Gasteiger partial charge in [-0.3, -0.25) is 4.79 Å². The molecule has 0 fully saturated rings. The van der Waals surface area contributed by atoms with Crippen LogP contribution in [0.3, 0.4) is 0 Å². The fourth-order valence-corrected chi connectivity index (χ4v) is 14.2. The Bertz CT molecular complexity index is 1730. The molecule has 43 heavy (non-hydrogen) atoms. The van der Waals surface area contributed by atoms with Crippen LogP contribution in [0.4, 0.5) is 0 Å². The van der Waals surface area contributed by atoms with Crippen LogP contribution < -0.4 is 4.06 Å². The van der Waals surface area contributed by atoms with Crippen LogP contribution in [0.1, 0.15) is 86.1 Å². The van der Waals surface area contributed by atoms with E-state index in [1.165, 1.54) is 143 Å². The summed E-state index contributed by atoms with van der Waals surface area (Å²) in [4.78, 5) is 26.2. The first kappa shape index (κ1) is 31.6. The molecule has 0 unspecified atom stereocenters. The molecular weight excluding hydrogens is 661 g/mol. The number of aryl methyl sites for hydroxylation is 4. The van der Waals surface area contributed by atoms with Gasteiger partial charge in [-0.1, -0.05) is 75.0 Å². The van der Waals surface area contributed by atoms with E-state index in [9.17, 15) is 4.79 Å². The van der Waals surface area contributed by atoms with Gasteiger partial charge < -0.3 is 0 Å². The van der Waals surface area contributed by atoms with Crippen LogP contribution >= 0.6 is 79.4 Å². The summed E-state index contributed by atoms with van der Waals surface area (Å²) in [6, 6.07) is 14.0. The Morgan fingerprint density at radius 2 is 0.907 bits per heavy atom. The lowest BCUT2D eigenvalue weighted by atomic mass is 10.1. The zero-order valence-electron chi connectivity index (χ0n) is 25.3. The molecule has 226 valence electrons. The lowest BCUT2D eigenvalue weighted by Crippen LogP contribution is -1.85. The number of unbranched alkanes of at least 4 members (excludes halogenated alkanes) is 6. The Labute approximate surface area is 283 Å². The largest absolute Gasteiger partial charge is 0.288 e. The number of fused-ring (bicyclic) bond motifs is 1. The molecule has 0 aliphatic carbocycles. The Hall–Kier alpha value is -1.39. The van der Waals surface area contributed by atoms with Crippen molar-refractivity contribution in [3.63, 3.8) is 0 Å². The molecule has 6 heterocycles. The summed E-state index contributed by atoms with van der Waals surface area (Å²) in [6.07, 6.45) is 12.7. The van der Waals surface area contributed by atoms with E-state index in [4.69, 9.17) is 0 Å². The summed E-state index contributed by atoms with van der Waals surface area (Å²) in [7, 11) is 0. The Kier molecular flexibility index (Phi) is 10.5. The van der Waals surface area contributed by atoms with Crippen molar-refractivity contribution in [1.82, 2.24) is 0 Å². The van der Waals surface area contributed by atoms with Gasteiger partial charge in [0.05, 0.1) is 19.2 Å². The fraction of sp³-hybridized carbons (Fsp3) is 0.400. The monoisotopic (exact) mass is 698 g/mol. The summed E-state index contributed by atoms with van der Waals surface area (Å²) in [5.41, 5.74) is 3.01. The first-order valence-corrected chi connectivity index (χ1v) is 21.1. The molecule has 0 saturated carbocycles. The zero-order chi connectivity index (χ0) is 29.9. The lowest BCUT2D eigenvalue weighted by molar-refractivity contribution is 0.668. The molecule has 0 atom stereocenters. The Balaban J connectivity index is 1.30. The van der Waals surface area contributed by atoms with Gasteiger partial charge in [0.2, 0.25) is 0 Å². The van der Waals surface area contributed by atoms with Crippen LogP contribution in [0.25, 0.3) is 48.4 Å². The second-order valence-electron chi connectivity index (χ2n) is 11.2. The summed E-state index contributed by atoms with van der Waals surface area (Å²) in [5, 5.41) is 0. The maximum Gasteiger partial charge on any atom is 0.288 e. The molecular formula is C35H38OS7. The van der Waals surface area contributed by atoms with Gasteiger partial charge >= 0.3 is 0 Å². The van der Waals surface area contributed by atoms with E-state index < -0.39 is 0 Å². The molecule has 6 aromatic rings. The van der Waals surface area contributed by atoms with E-state index in [2.05, 4.69) is 64.1 Å². The van der Waals surface area contributed by atoms with Crippen molar-refractivity contribution in [3.05, 3.63) is 66.1 Å². The lowest BCUT2D eigenvalue weighted by Gasteiger charge is -2.02. The molecule has 0 N–H and O–H groups in total. The Morgan fingerprint density at radius 3 is 1.33 bits per heavy atom. The molecule has 0 radical (unpaired) electrons. The standard InChI is InChI=1S/C35H38OS7/c1-5-7-9-11-13-23-19-21(3)37-29(23)25-15-17-27(39-25)31-33-34(43-35(36)42-33)32(41-31)28-18-16-26(40-28)30-24(20-22(4)38-30)14-12-10-8-6-2/h15-20H,5-14H2,1-4H3. The maximum absolute atomic E-state index is 12.7. The van der Waals surface area contributed by atoms with Crippen molar-refractivity contribution >= 4 is 88.8 Å². The van der Waals surface area contributed by atoms with Crippen molar-refractivity contribution in [2.75, 3.05) is 0 Å². The number of hydrogen-bond donors (Lipinski definition) is 0. The van der Waals surface area contributed by atoms with Crippen molar-refractivity contribution in [1.29, 1.82) is 0 Å². The van der Waals surface area contributed by atoms with Crippen molar-refractivity contribution in [2.24, 2.45) is 0 Å². The fourth-order valence-electron chi connectivity index (χ4n) is 5.67. The quantitative estimate of drug-likeness (QED) is 0.104. The van der Waals surface area contributed by atoms with Gasteiger partial charge in [-0.15, -0.1) is 56.7 Å². The highest BCUT2D eigenvalue weighted by molar-refractivity contribution is 7.42. The molecule has 0 saturated heterocycles. The molecule has 0 aliphatic heterocycles. The third kappa shape index (κ3) is 7.06. The summed E-state index contributed by atoms with van der Waals surface area (Å²) in [5.74, 6) is 0. The van der Waals surface area contributed by atoms with Crippen molar-refractivity contribution in [2.45, 2.75) is 91.9 Å². The van der Waals surface area contributed by atoms with Crippen LogP contribution in [-0.2, 0) is 12.8 Å². The highest BCUT2D eigenvalue weighted by Gasteiger charge is 2.22. The summed E-state index contributed by atoms with van der Waals surface area (Å²) >= 11 is 12.4. The first-order chi connectivity index (χ1) is 20.9. The summed E-state index contributed by atoms with van der Waals surface area (Å²) < 4.78 is 2.54. The van der Waals surface area contributed by atoms with Crippen molar-refractivity contribution in [3.8, 4) is 39.0 Å². The molecule has 1 nitrogen and oxygen atoms in total. The maximum atomic E-state index is 12.7. The predicted octanol–water partition coefficient (Wildman–Crippen LogP) is 14.2. The second kappa shape index (κ2) is 14.4. The average Bonchev–Trinajstić information content (AvgIpc) is 3.81. The van der Waals surface area contributed by atoms with E-state index in [1.807, 2.05) is 56.7 Å². The van der Waals surface area contributed by atoms with Gasteiger partial charge in [-0.2, -0.15) is 0 Å². The van der Waals surface area contributed by atoms with Gasteiger partial charge in [-0.25, -0.2) is 0 Å².